The van der Waals surface area contributed by atoms with Crippen LogP contribution in [0.1, 0.15) is 36.2 Å². The number of amides is 1. The van der Waals surface area contributed by atoms with Crippen LogP contribution < -0.4 is 15.6 Å². The number of H-pyrrole nitrogens is 1. The van der Waals surface area contributed by atoms with Gasteiger partial charge >= 0.3 is 0 Å². The largest absolute Gasteiger partial charge is 0.493 e. The van der Waals surface area contributed by atoms with Gasteiger partial charge in [-0.25, -0.2) is 0 Å². The highest BCUT2D eigenvalue weighted by atomic mass is 16.5. The van der Waals surface area contributed by atoms with Gasteiger partial charge in [0.05, 0.1) is 17.7 Å². The molecule has 26 heavy (non-hydrogen) atoms. The van der Waals surface area contributed by atoms with Crippen molar-refractivity contribution in [3.05, 3.63) is 70.0 Å². The second kappa shape index (κ2) is 7.87. The van der Waals surface area contributed by atoms with Crippen molar-refractivity contribution in [2.75, 3.05) is 11.9 Å². The Morgan fingerprint density at radius 3 is 2.69 bits per heavy atom. The minimum atomic E-state index is -0.250. The molecule has 3 rings (SSSR count). The number of para-hydroxylation sites is 1. The lowest BCUT2D eigenvalue weighted by Gasteiger charge is -2.11. The molecule has 0 spiro atoms. The van der Waals surface area contributed by atoms with Crippen molar-refractivity contribution in [1.29, 1.82) is 0 Å². The van der Waals surface area contributed by atoms with E-state index in [1.54, 1.807) is 30.3 Å². The van der Waals surface area contributed by atoms with Gasteiger partial charge in [-0.2, -0.15) is 0 Å². The monoisotopic (exact) mass is 350 g/mol. The van der Waals surface area contributed by atoms with Gasteiger partial charge in [-0.05, 0) is 43.2 Å². The number of fused-ring (bicyclic) bond motifs is 1. The third-order valence-electron chi connectivity index (χ3n) is 4.14. The number of carbonyl (C=O) groups is 1. The van der Waals surface area contributed by atoms with Crippen LogP contribution in [-0.2, 0) is 6.42 Å². The molecule has 0 bridgehead atoms. The Kier molecular flexibility index (Phi) is 5.37. The first-order valence-corrected chi connectivity index (χ1v) is 8.81. The van der Waals surface area contributed by atoms with Gasteiger partial charge in [0.2, 0.25) is 5.56 Å². The average molecular weight is 350 g/mol. The number of nitrogens with one attached hydrogen (secondary N) is 2. The molecule has 3 aromatic rings. The van der Waals surface area contributed by atoms with Crippen molar-refractivity contribution in [3.63, 3.8) is 0 Å². The van der Waals surface area contributed by atoms with Crippen LogP contribution in [0.3, 0.4) is 0 Å². The summed E-state index contributed by atoms with van der Waals surface area (Å²) in [6, 6.07) is 14.3. The molecule has 0 saturated heterocycles. The fraction of sp³-hybridized carbons (Fsp3) is 0.238. The van der Waals surface area contributed by atoms with Gasteiger partial charge in [-0.1, -0.05) is 31.5 Å². The molecule has 0 radical (unpaired) electrons. The van der Waals surface area contributed by atoms with E-state index in [2.05, 4.69) is 17.2 Å². The summed E-state index contributed by atoms with van der Waals surface area (Å²) in [4.78, 5) is 27.4. The quantitative estimate of drug-likeness (QED) is 0.702. The summed E-state index contributed by atoms with van der Waals surface area (Å²) in [5, 5.41) is 3.88. The van der Waals surface area contributed by atoms with E-state index in [4.69, 9.17) is 4.74 Å². The summed E-state index contributed by atoms with van der Waals surface area (Å²) in [5.74, 6) is 0.299. The van der Waals surface area contributed by atoms with E-state index in [0.717, 1.165) is 29.3 Å². The third-order valence-corrected chi connectivity index (χ3v) is 4.14. The molecule has 2 N–H and O–H groups in total. The van der Waals surface area contributed by atoms with Crippen molar-refractivity contribution in [3.8, 4) is 5.75 Å². The van der Waals surface area contributed by atoms with Gasteiger partial charge in [0, 0.05) is 17.1 Å². The van der Waals surface area contributed by atoms with Crippen LogP contribution in [0.2, 0.25) is 0 Å². The fourth-order valence-corrected chi connectivity index (χ4v) is 3.02. The molecule has 5 nitrogen and oxygen atoms in total. The lowest BCUT2D eigenvalue weighted by molar-refractivity contribution is 0.102. The van der Waals surface area contributed by atoms with E-state index in [1.165, 1.54) is 0 Å². The molecule has 1 heterocycles. The Balaban J connectivity index is 1.92. The number of anilines is 1. The normalized spacial score (nSPS) is 10.7. The first-order valence-electron chi connectivity index (χ1n) is 8.81. The van der Waals surface area contributed by atoms with Crippen LogP contribution >= 0.6 is 0 Å². The number of hydrogen-bond acceptors (Lipinski definition) is 3. The van der Waals surface area contributed by atoms with Gasteiger partial charge in [0.25, 0.3) is 5.91 Å². The Bertz CT molecular complexity index is 992. The number of carbonyl (C=O) groups excluding carboxylic acids is 1. The molecular formula is C21H22N2O3. The first kappa shape index (κ1) is 17.7. The molecule has 134 valence electrons. The van der Waals surface area contributed by atoms with E-state index >= 15 is 0 Å². The smallest absolute Gasteiger partial charge is 0.259 e. The zero-order valence-electron chi connectivity index (χ0n) is 15.0. The van der Waals surface area contributed by atoms with Crippen LogP contribution in [-0.4, -0.2) is 17.5 Å². The van der Waals surface area contributed by atoms with Crippen molar-refractivity contribution in [2.45, 2.75) is 26.7 Å². The summed E-state index contributed by atoms with van der Waals surface area (Å²) in [7, 11) is 0. The maximum Gasteiger partial charge on any atom is 0.259 e. The molecular weight excluding hydrogens is 328 g/mol. The Morgan fingerprint density at radius 2 is 1.92 bits per heavy atom. The van der Waals surface area contributed by atoms with Crippen LogP contribution in [0, 0.1) is 0 Å². The molecule has 5 heteroatoms. The minimum Gasteiger partial charge on any atom is -0.493 e. The first-order chi connectivity index (χ1) is 12.6. The van der Waals surface area contributed by atoms with Gasteiger partial charge in [0.1, 0.15) is 5.75 Å². The summed E-state index contributed by atoms with van der Waals surface area (Å²) in [5.41, 5.74) is 2.70. The molecule has 0 aliphatic rings. The van der Waals surface area contributed by atoms with Crippen LogP contribution in [0.4, 0.5) is 5.69 Å². The molecule has 1 aromatic heterocycles. The van der Waals surface area contributed by atoms with Crippen LogP contribution in [0.25, 0.3) is 10.9 Å². The van der Waals surface area contributed by atoms with Crippen molar-refractivity contribution >= 4 is 22.5 Å². The molecule has 0 atom stereocenters. The highest BCUT2D eigenvalue weighted by Gasteiger charge is 2.13. The third kappa shape index (κ3) is 3.77. The van der Waals surface area contributed by atoms with E-state index in [0.29, 0.717) is 23.6 Å². The maximum absolute atomic E-state index is 12.6. The zero-order chi connectivity index (χ0) is 18.5. The highest BCUT2D eigenvalue weighted by Crippen LogP contribution is 2.23. The average Bonchev–Trinajstić information content (AvgIpc) is 2.62. The molecule has 0 saturated carbocycles. The Hall–Kier alpha value is -3.08. The van der Waals surface area contributed by atoms with Crippen LogP contribution in [0.15, 0.2) is 53.3 Å². The molecule has 2 aromatic carbocycles. The zero-order valence-corrected chi connectivity index (χ0v) is 15.0. The minimum absolute atomic E-state index is 0.133. The predicted molar refractivity (Wildman–Crippen MR) is 104 cm³/mol. The van der Waals surface area contributed by atoms with Crippen molar-refractivity contribution in [1.82, 2.24) is 4.98 Å². The molecule has 0 aliphatic carbocycles. The Labute approximate surface area is 152 Å². The summed E-state index contributed by atoms with van der Waals surface area (Å²) in [6.45, 7) is 4.45. The van der Waals surface area contributed by atoms with Crippen LogP contribution in [0.5, 0.6) is 5.75 Å². The lowest BCUT2D eigenvalue weighted by atomic mass is 10.0. The molecule has 0 fully saturated rings. The number of aromatic amines is 1. The summed E-state index contributed by atoms with van der Waals surface area (Å²) >= 11 is 0. The number of benzene rings is 2. The number of ether oxygens (including phenoxy) is 1. The highest BCUT2D eigenvalue weighted by molar-refractivity contribution is 6.06. The van der Waals surface area contributed by atoms with E-state index in [9.17, 15) is 9.59 Å². The second-order valence-corrected chi connectivity index (χ2v) is 6.05. The van der Waals surface area contributed by atoms with E-state index in [1.807, 2.05) is 25.1 Å². The summed E-state index contributed by atoms with van der Waals surface area (Å²) in [6.07, 6.45) is 1.80. The van der Waals surface area contributed by atoms with E-state index in [-0.39, 0.29) is 11.5 Å². The Morgan fingerprint density at radius 1 is 1.12 bits per heavy atom. The van der Waals surface area contributed by atoms with Crippen molar-refractivity contribution < 1.29 is 9.53 Å². The van der Waals surface area contributed by atoms with E-state index < -0.39 is 0 Å². The fourth-order valence-electron chi connectivity index (χ4n) is 3.02. The SMILES string of the molecule is CCCc1cc(=O)[nH]c2cc(NC(=O)c3ccccc3OCC)ccc12. The second-order valence-electron chi connectivity index (χ2n) is 6.05. The predicted octanol–water partition coefficient (Wildman–Crippen LogP) is 4.13. The summed E-state index contributed by atoms with van der Waals surface area (Å²) < 4.78 is 5.52. The van der Waals surface area contributed by atoms with Gasteiger partial charge in [0.15, 0.2) is 0 Å². The van der Waals surface area contributed by atoms with Gasteiger partial charge in [-0.3, -0.25) is 9.59 Å². The standard InChI is InChI=1S/C21H22N2O3/c1-3-7-14-12-20(24)23-18-13-15(10-11-16(14)18)22-21(25)17-8-5-6-9-19(17)26-4-2/h5-6,8-13H,3-4,7H2,1-2H3,(H,22,25)(H,23,24). The molecule has 0 aliphatic heterocycles. The molecule has 0 unspecified atom stereocenters. The number of hydrogen-bond donors (Lipinski definition) is 2. The van der Waals surface area contributed by atoms with Gasteiger partial charge < -0.3 is 15.0 Å². The van der Waals surface area contributed by atoms with Crippen molar-refractivity contribution in [2.24, 2.45) is 0 Å². The van der Waals surface area contributed by atoms with Gasteiger partial charge in [-0.15, -0.1) is 0 Å². The number of aryl methyl sites for hydroxylation is 1. The number of aromatic nitrogens is 1. The maximum atomic E-state index is 12.6. The lowest BCUT2D eigenvalue weighted by Crippen LogP contribution is -2.14. The number of pyridine rings is 1. The molecule has 1 amide bonds. The topological polar surface area (TPSA) is 71.2 Å². The number of rotatable bonds is 6.